The Morgan fingerprint density at radius 3 is 2.25 bits per heavy atom. The van der Waals surface area contributed by atoms with E-state index in [1.807, 2.05) is 20.8 Å². The molecule has 2 nitrogen and oxygen atoms in total. The van der Waals surface area contributed by atoms with Crippen molar-refractivity contribution in [2.24, 2.45) is 5.92 Å². The minimum atomic E-state index is -2.36. The second-order valence-electron chi connectivity index (χ2n) is 4.15. The molecule has 0 aliphatic heterocycles. The van der Waals surface area contributed by atoms with Crippen LogP contribution in [-0.2, 0) is 4.79 Å². The molecule has 0 heterocycles. The Bertz CT molecular complexity index is 239. The van der Waals surface area contributed by atoms with Gasteiger partial charge in [-0.05, 0) is 12.3 Å². The minimum Gasteiger partial charge on any atom is -0.339 e. The lowest BCUT2D eigenvalue weighted by molar-refractivity contribution is -0.128. The zero-order chi connectivity index (χ0) is 12.7. The smallest absolute Gasteiger partial charge is 0.249 e. The van der Waals surface area contributed by atoms with Gasteiger partial charge in [-0.15, -0.1) is 0 Å². The summed E-state index contributed by atoms with van der Waals surface area (Å²) in [6.07, 6.45) is -1.86. The molecular weight excluding hydrogens is 212 g/mol. The molecule has 0 bridgehead atoms. The number of hydrogen-bond acceptors (Lipinski definition) is 1. The highest BCUT2D eigenvalue weighted by Gasteiger charge is 2.19. The van der Waals surface area contributed by atoms with Crippen LogP contribution in [0.5, 0.6) is 0 Å². The van der Waals surface area contributed by atoms with Gasteiger partial charge in [0.2, 0.25) is 12.3 Å². The molecule has 94 valence electrons. The summed E-state index contributed by atoms with van der Waals surface area (Å²) < 4.78 is 24.2. The van der Waals surface area contributed by atoms with E-state index < -0.39 is 6.43 Å². The first kappa shape index (κ1) is 15.1. The number of alkyl halides is 2. The molecule has 1 amide bonds. The Labute approximate surface area is 96.3 Å². The van der Waals surface area contributed by atoms with Crippen LogP contribution in [0.3, 0.4) is 0 Å². The first-order chi connectivity index (χ1) is 7.40. The van der Waals surface area contributed by atoms with E-state index in [-0.39, 0.29) is 24.8 Å². The molecule has 0 radical (unpaired) electrons. The Hall–Kier alpha value is -0.930. The van der Waals surface area contributed by atoms with Gasteiger partial charge in [0.25, 0.3) is 0 Å². The fraction of sp³-hybridized carbons (Fsp3) is 0.750. The molecule has 4 heteroatoms. The highest BCUT2D eigenvalue weighted by Crippen LogP contribution is 2.12. The summed E-state index contributed by atoms with van der Waals surface area (Å²) in [5.74, 6) is -0.143. The number of carbonyl (C=O) groups excluding carboxylic acids is 1. The molecule has 0 aliphatic carbocycles. The summed E-state index contributed by atoms with van der Waals surface area (Å²) in [5.41, 5.74) is 0.489. The monoisotopic (exact) mass is 233 g/mol. The predicted octanol–water partition coefficient (Wildman–Crippen LogP) is 3.09. The molecule has 0 spiro atoms. The molecule has 0 aromatic carbocycles. The normalized spacial score (nSPS) is 10.9. The molecule has 0 atom stereocenters. The van der Waals surface area contributed by atoms with Crippen molar-refractivity contribution in [3.63, 3.8) is 0 Å². The Kier molecular flexibility index (Phi) is 6.93. The largest absolute Gasteiger partial charge is 0.339 e. The number of halogens is 2. The first-order valence-electron chi connectivity index (χ1n) is 5.66. The maximum Gasteiger partial charge on any atom is 0.249 e. The molecule has 0 saturated carbocycles. The van der Waals surface area contributed by atoms with Gasteiger partial charge in [-0.3, -0.25) is 4.79 Å². The van der Waals surface area contributed by atoms with Crippen molar-refractivity contribution >= 4 is 5.91 Å². The topological polar surface area (TPSA) is 20.3 Å². The molecule has 0 saturated heterocycles. The maximum absolute atomic E-state index is 12.1. The van der Waals surface area contributed by atoms with Crippen LogP contribution in [0.25, 0.3) is 0 Å². The van der Waals surface area contributed by atoms with E-state index in [1.54, 1.807) is 0 Å². The Morgan fingerprint density at radius 2 is 1.88 bits per heavy atom. The van der Waals surface area contributed by atoms with E-state index in [2.05, 4.69) is 6.58 Å². The van der Waals surface area contributed by atoms with Crippen molar-refractivity contribution in [1.82, 2.24) is 4.90 Å². The zero-order valence-electron chi connectivity index (χ0n) is 10.3. The van der Waals surface area contributed by atoms with Gasteiger partial charge in [0.1, 0.15) is 0 Å². The SMILES string of the molecule is C=C(C(=O)N(CCC)CCC(F)F)C(C)C. The molecule has 16 heavy (non-hydrogen) atoms. The molecule has 0 aromatic heterocycles. The second kappa shape index (κ2) is 7.36. The lowest BCUT2D eigenvalue weighted by atomic mass is 10.0. The highest BCUT2D eigenvalue weighted by molar-refractivity contribution is 5.93. The van der Waals surface area contributed by atoms with Crippen molar-refractivity contribution < 1.29 is 13.6 Å². The fourth-order valence-electron chi connectivity index (χ4n) is 1.29. The third-order valence-electron chi connectivity index (χ3n) is 2.37. The van der Waals surface area contributed by atoms with E-state index in [1.165, 1.54) is 4.90 Å². The highest BCUT2D eigenvalue weighted by atomic mass is 19.3. The number of carbonyl (C=O) groups is 1. The van der Waals surface area contributed by atoms with Gasteiger partial charge in [-0.25, -0.2) is 8.78 Å². The van der Waals surface area contributed by atoms with Crippen molar-refractivity contribution in [2.45, 2.75) is 40.0 Å². The van der Waals surface area contributed by atoms with Crippen LogP contribution in [0.1, 0.15) is 33.6 Å². The molecule has 0 unspecified atom stereocenters. The van der Waals surface area contributed by atoms with Gasteiger partial charge in [-0.2, -0.15) is 0 Å². The van der Waals surface area contributed by atoms with Crippen molar-refractivity contribution in [1.29, 1.82) is 0 Å². The van der Waals surface area contributed by atoms with E-state index in [9.17, 15) is 13.6 Å². The number of nitrogens with zero attached hydrogens (tertiary/aromatic N) is 1. The van der Waals surface area contributed by atoms with Crippen LogP contribution >= 0.6 is 0 Å². The zero-order valence-corrected chi connectivity index (χ0v) is 10.3. The van der Waals surface area contributed by atoms with E-state index in [4.69, 9.17) is 0 Å². The van der Waals surface area contributed by atoms with Crippen molar-refractivity contribution in [3.05, 3.63) is 12.2 Å². The van der Waals surface area contributed by atoms with Gasteiger partial charge in [0.05, 0.1) is 0 Å². The van der Waals surface area contributed by atoms with Crippen LogP contribution in [0, 0.1) is 5.92 Å². The van der Waals surface area contributed by atoms with Crippen LogP contribution in [0.2, 0.25) is 0 Å². The molecule has 0 rings (SSSR count). The quantitative estimate of drug-likeness (QED) is 0.619. The third kappa shape index (κ3) is 5.24. The van der Waals surface area contributed by atoms with Gasteiger partial charge in [-0.1, -0.05) is 27.4 Å². The predicted molar refractivity (Wildman–Crippen MR) is 61.5 cm³/mol. The molecule has 0 N–H and O–H groups in total. The fourth-order valence-corrected chi connectivity index (χ4v) is 1.29. The van der Waals surface area contributed by atoms with Crippen LogP contribution in [0.4, 0.5) is 8.78 Å². The average Bonchev–Trinajstić information content (AvgIpc) is 2.21. The molecule has 0 aliphatic rings. The molecule has 0 aromatic rings. The van der Waals surface area contributed by atoms with E-state index >= 15 is 0 Å². The molecular formula is C12H21F2NO. The summed E-state index contributed by atoms with van der Waals surface area (Å²) in [7, 11) is 0. The van der Waals surface area contributed by atoms with Gasteiger partial charge in [0, 0.05) is 25.1 Å². The van der Waals surface area contributed by atoms with E-state index in [0.717, 1.165) is 6.42 Å². The Morgan fingerprint density at radius 1 is 1.31 bits per heavy atom. The number of amides is 1. The van der Waals surface area contributed by atoms with Crippen molar-refractivity contribution in [3.8, 4) is 0 Å². The summed E-state index contributed by atoms with van der Waals surface area (Å²) in [5, 5.41) is 0. The standard InChI is InChI=1S/C12H21F2NO/c1-5-7-15(8-6-11(13)14)12(16)10(4)9(2)3/h9,11H,4-8H2,1-3H3. The summed E-state index contributed by atoms with van der Waals surface area (Å²) in [6, 6.07) is 0. The minimum absolute atomic E-state index is 0.0541. The summed E-state index contributed by atoms with van der Waals surface area (Å²) in [6.45, 7) is 9.99. The number of hydrogen-bond donors (Lipinski definition) is 0. The molecule has 0 fully saturated rings. The lowest BCUT2D eigenvalue weighted by Gasteiger charge is -2.24. The second-order valence-corrected chi connectivity index (χ2v) is 4.15. The van der Waals surface area contributed by atoms with Gasteiger partial charge in [0.15, 0.2) is 0 Å². The lowest BCUT2D eigenvalue weighted by Crippen LogP contribution is -2.35. The number of rotatable bonds is 7. The third-order valence-corrected chi connectivity index (χ3v) is 2.37. The van der Waals surface area contributed by atoms with Gasteiger partial charge >= 0.3 is 0 Å². The van der Waals surface area contributed by atoms with E-state index in [0.29, 0.717) is 12.1 Å². The maximum atomic E-state index is 12.1. The van der Waals surface area contributed by atoms with Crippen LogP contribution < -0.4 is 0 Å². The van der Waals surface area contributed by atoms with Crippen LogP contribution in [0.15, 0.2) is 12.2 Å². The average molecular weight is 233 g/mol. The Balaban J connectivity index is 4.40. The summed E-state index contributed by atoms with van der Waals surface area (Å²) >= 11 is 0. The van der Waals surface area contributed by atoms with Crippen molar-refractivity contribution in [2.75, 3.05) is 13.1 Å². The van der Waals surface area contributed by atoms with Gasteiger partial charge < -0.3 is 4.90 Å². The summed E-state index contributed by atoms with van der Waals surface area (Å²) in [4.78, 5) is 13.3. The first-order valence-corrected chi connectivity index (χ1v) is 5.66. The van der Waals surface area contributed by atoms with Crippen LogP contribution in [-0.4, -0.2) is 30.3 Å².